The van der Waals surface area contributed by atoms with Crippen LogP contribution in [0, 0.1) is 5.92 Å². The van der Waals surface area contributed by atoms with E-state index in [0.717, 1.165) is 32.2 Å². The fraction of sp³-hybridized carbons (Fsp3) is 0.632. The van der Waals surface area contributed by atoms with Gasteiger partial charge in [0.25, 0.3) is 0 Å². The molecule has 1 heterocycles. The Bertz CT molecular complexity index is 426. The summed E-state index contributed by atoms with van der Waals surface area (Å²) in [5.41, 5.74) is 1.34. The van der Waals surface area contributed by atoms with E-state index in [1.165, 1.54) is 24.9 Å². The molecule has 0 unspecified atom stereocenters. The molecule has 1 aromatic rings. The number of Topliss-reactive ketones (excluding diaryl/α,β-unsaturated/α-hetero) is 1. The molecule has 0 aromatic heterocycles. The number of nitrogens with zero attached hydrogens (tertiary/aromatic N) is 1. The van der Waals surface area contributed by atoms with Crippen molar-refractivity contribution in [2.24, 2.45) is 5.92 Å². The number of ketones is 1. The molecular weight excluding hydrogens is 258 g/mol. The maximum atomic E-state index is 12.2. The lowest BCUT2D eigenvalue weighted by molar-refractivity contribution is -0.120. The van der Waals surface area contributed by atoms with Crippen molar-refractivity contribution in [2.75, 3.05) is 13.1 Å². The van der Waals surface area contributed by atoms with Gasteiger partial charge in [-0.1, -0.05) is 30.3 Å². The molecular formula is C19H29NO. The Hall–Kier alpha value is -1.15. The molecule has 21 heavy (non-hydrogen) atoms. The summed E-state index contributed by atoms with van der Waals surface area (Å²) in [5.74, 6) is 1.05. The zero-order valence-electron chi connectivity index (χ0n) is 13.6. The number of carbonyl (C=O) groups is 1. The van der Waals surface area contributed by atoms with E-state index in [1.807, 2.05) is 6.07 Å². The standard InChI is InChI=1S/C19H29NO/c1-16(2)20-13-7-11-18(15-20)14-19(21)12-6-10-17-8-4-3-5-9-17/h3-5,8-9,16,18H,6-7,10-15H2,1-2H3/t18-/m0/s1. The molecule has 0 bridgehead atoms. The van der Waals surface area contributed by atoms with Gasteiger partial charge in [0.2, 0.25) is 0 Å². The van der Waals surface area contributed by atoms with Crippen LogP contribution in [0.15, 0.2) is 30.3 Å². The molecule has 1 aromatic carbocycles. The Labute approximate surface area is 129 Å². The number of piperidine rings is 1. The summed E-state index contributed by atoms with van der Waals surface area (Å²) in [6.07, 6.45) is 6.03. The predicted molar refractivity (Wildman–Crippen MR) is 88.4 cm³/mol. The molecule has 1 aliphatic heterocycles. The second-order valence-electron chi connectivity index (χ2n) is 6.68. The minimum absolute atomic E-state index is 0.460. The lowest BCUT2D eigenvalue weighted by Crippen LogP contribution is -2.40. The summed E-state index contributed by atoms with van der Waals surface area (Å²) in [6, 6.07) is 11.1. The van der Waals surface area contributed by atoms with E-state index in [9.17, 15) is 4.79 Å². The van der Waals surface area contributed by atoms with Crippen LogP contribution in [0.3, 0.4) is 0 Å². The molecule has 2 rings (SSSR count). The largest absolute Gasteiger partial charge is 0.301 e. The van der Waals surface area contributed by atoms with E-state index < -0.39 is 0 Å². The summed E-state index contributed by atoms with van der Waals surface area (Å²) in [7, 11) is 0. The summed E-state index contributed by atoms with van der Waals surface area (Å²) >= 11 is 0. The van der Waals surface area contributed by atoms with Crippen molar-refractivity contribution in [2.45, 2.75) is 58.4 Å². The first-order chi connectivity index (χ1) is 10.1. The molecule has 2 nitrogen and oxygen atoms in total. The molecule has 0 amide bonds. The van der Waals surface area contributed by atoms with E-state index in [4.69, 9.17) is 0 Å². The zero-order valence-corrected chi connectivity index (χ0v) is 13.6. The van der Waals surface area contributed by atoms with Crippen LogP contribution in [-0.4, -0.2) is 29.8 Å². The van der Waals surface area contributed by atoms with Gasteiger partial charge in [0, 0.05) is 25.4 Å². The van der Waals surface area contributed by atoms with Crippen molar-refractivity contribution in [3.8, 4) is 0 Å². The zero-order chi connectivity index (χ0) is 15.1. The third-order valence-electron chi connectivity index (χ3n) is 4.56. The molecule has 1 fully saturated rings. The van der Waals surface area contributed by atoms with Crippen molar-refractivity contribution >= 4 is 5.78 Å². The number of hydrogen-bond acceptors (Lipinski definition) is 2. The van der Waals surface area contributed by atoms with Gasteiger partial charge in [-0.05, 0) is 57.6 Å². The van der Waals surface area contributed by atoms with Crippen LogP contribution in [0.25, 0.3) is 0 Å². The molecule has 1 aliphatic rings. The van der Waals surface area contributed by atoms with Crippen LogP contribution < -0.4 is 0 Å². The third kappa shape index (κ3) is 5.62. The average Bonchev–Trinajstić information content (AvgIpc) is 2.48. The van der Waals surface area contributed by atoms with Crippen LogP contribution in [0.5, 0.6) is 0 Å². The highest BCUT2D eigenvalue weighted by Crippen LogP contribution is 2.22. The normalized spacial score (nSPS) is 19.9. The number of carbonyl (C=O) groups excluding carboxylic acids is 1. The highest BCUT2D eigenvalue weighted by atomic mass is 16.1. The highest BCUT2D eigenvalue weighted by molar-refractivity contribution is 5.78. The van der Waals surface area contributed by atoms with Crippen LogP contribution in [-0.2, 0) is 11.2 Å². The van der Waals surface area contributed by atoms with Crippen LogP contribution in [0.2, 0.25) is 0 Å². The van der Waals surface area contributed by atoms with Gasteiger partial charge in [-0.3, -0.25) is 4.79 Å². The number of aryl methyl sites for hydroxylation is 1. The van der Waals surface area contributed by atoms with Crippen molar-refractivity contribution in [3.63, 3.8) is 0 Å². The lowest BCUT2D eigenvalue weighted by Gasteiger charge is -2.35. The molecule has 0 radical (unpaired) electrons. The van der Waals surface area contributed by atoms with E-state index in [1.54, 1.807) is 0 Å². The second-order valence-corrected chi connectivity index (χ2v) is 6.68. The van der Waals surface area contributed by atoms with Crippen LogP contribution in [0.4, 0.5) is 0 Å². The summed E-state index contributed by atoms with van der Waals surface area (Å²) < 4.78 is 0. The number of hydrogen-bond donors (Lipinski definition) is 0. The predicted octanol–water partition coefficient (Wildman–Crippen LogP) is 4.09. The minimum Gasteiger partial charge on any atom is -0.301 e. The quantitative estimate of drug-likeness (QED) is 0.753. The van der Waals surface area contributed by atoms with Crippen LogP contribution in [0.1, 0.15) is 51.5 Å². The summed E-state index contributed by atoms with van der Waals surface area (Å²) in [6.45, 7) is 6.83. The second kappa shape index (κ2) is 8.33. The highest BCUT2D eigenvalue weighted by Gasteiger charge is 2.23. The van der Waals surface area contributed by atoms with E-state index in [0.29, 0.717) is 17.7 Å². The third-order valence-corrected chi connectivity index (χ3v) is 4.56. The van der Waals surface area contributed by atoms with Crippen molar-refractivity contribution < 1.29 is 4.79 Å². The monoisotopic (exact) mass is 287 g/mol. The fourth-order valence-corrected chi connectivity index (χ4v) is 3.29. The lowest BCUT2D eigenvalue weighted by atomic mass is 9.91. The fourth-order valence-electron chi connectivity index (χ4n) is 3.29. The van der Waals surface area contributed by atoms with Gasteiger partial charge in [0.15, 0.2) is 0 Å². The van der Waals surface area contributed by atoms with Gasteiger partial charge >= 0.3 is 0 Å². The number of likely N-dealkylation sites (tertiary alicyclic amines) is 1. The van der Waals surface area contributed by atoms with E-state index >= 15 is 0 Å². The first-order valence-corrected chi connectivity index (χ1v) is 8.45. The number of benzene rings is 1. The van der Waals surface area contributed by atoms with Crippen LogP contribution >= 0.6 is 0 Å². The molecule has 1 saturated heterocycles. The first kappa shape index (κ1) is 16.2. The molecule has 0 spiro atoms. The Kier molecular flexibility index (Phi) is 6.44. The van der Waals surface area contributed by atoms with Gasteiger partial charge in [-0.2, -0.15) is 0 Å². The Morgan fingerprint density at radius 2 is 2.05 bits per heavy atom. The van der Waals surface area contributed by atoms with Gasteiger partial charge in [0.1, 0.15) is 5.78 Å². The van der Waals surface area contributed by atoms with Gasteiger partial charge in [-0.15, -0.1) is 0 Å². The molecule has 116 valence electrons. The Morgan fingerprint density at radius 1 is 1.29 bits per heavy atom. The van der Waals surface area contributed by atoms with E-state index in [2.05, 4.69) is 43.0 Å². The molecule has 2 heteroatoms. The Balaban J connectivity index is 1.67. The molecule has 1 atom stereocenters. The molecule has 0 aliphatic carbocycles. The smallest absolute Gasteiger partial charge is 0.133 e. The van der Waals surface area contributed by atoms with Crippen molar-refractivity contribution in [3.05, 3.63) is 35.9 Å². The van der Waals surface area contributed by atoms with Crippen molar-refractivity contribution in [1.82, 2.24) is 4.90 Å². The SMILES string of the molecule is CC(C)N1CCC[C@@H](CC(=O)CCCc2ccccc2)C1. The van der Waals surface area contributed by atoms with Gasteiger partial charge < -0.3 is 4.90 Å². The van der Waals surface area contributed by atoms with Gasteiger partial charge in [0.05, 0.1) is 0 Å². The summed E-state index contributed by atoms with van der Waals surface area (Å²) in [5, 5.41) is 0. The van der Waals surface area contributed by atoms with Gasteiger partial charge in [-0.25, -0.2) is 0 Å². The minimum atomic E-state index is 0.460. The topological polar surface area (TPSA) is 20.3 Å². The number of rotatable bonds is 7. The molecule has 0 N–H and O–H groups in total. The van der Waals surface area contributed by atoms with Crippen molar-refractivity contribution in [1.29, 1.82) is 0 Å². The molecule has 0 saturated carbocycles. The maximum Gasteiger partial charge on any atom is 0.133 e. The van der Waals surface area contributed by atoms with E-state index in [-0.39, 0.29) is 0 Å². The Morgan fingerprint density at radius 3 is 2.76 bits per heavy atom. The average molecular weight is 287 g/mol. The summed E-state index contributed by atoms with van der Waals surface area (Å²) in [4.78, 5) is 14.7. The first-order valence-electron chi connectivity index (χ1n) is 8.45. The maximum absolute atomic E-state index is 12.2.